The molecule has 0 radical (unpaired) electrons. The Morgan fingerprint density at radius 3 is 2.68 bits per heavy atom. The van der Waals surface area contributed by atoms with Crippen molar-refractivity contribution in [2.45, 2.75) is 33.4 Å². The van der Waals surface area contributed by atoms with E-state index in [1.54, 1.807) is 23.1 Å². The molecule has 6 nitrogen and oxygen atoms in total. The highest BCUT2D eigenvalue weighted by atomic mass is 16.2. The van der Waals surface area contributed by atoms with Crippen molar-refractivity contribution in [3.63, 3.8) is 0 Å². The number of hydrogen-bond donors (Lipinski definition) is 2. The lowest BCUT2D eigenvalue weighted by Crippen LogP contribution is -2.46. The monoisotopic (exact) mass is 302 g/mol. The van der Waals surface area contributed by atoms with Crippen LogP contribution in [-0.4, -0.2) is 33.4 Å². The topological polar surface area (TPSA) is 92.1 Å². The predicted octanol–water partition coefficient (Wildman–Crippen LogP) is 1.25. The summed E-state index contributed by atoms with van der Waals surface area (Å²) in [5, 5.41) is 0.541. The van der Waals surface area contributed by atoms with Crippen LogP contribution in [0, 0.1) is 5.92 Å². The molecule has 0 saturated heterocycles. The molecule has 0 fully saturated rings. The molecule has 1 aromatic heterocycles. The van der Waals surface area contributed by atoms with Crippen molar-refractivity contribution in [2.24, 2.45) is 11.7 Å². The lowest BCUT2D eigenvalue weighted by atomic mass is 10.0. The third kappa shape index (κ3) is 3.33. The lowest BCUT2D eigenvalue weighted by molar-refractivity contribution is -0.134. The second kappa shape index (κ2) is 6.70. The van der Waals surface area contributed by atoms with Crippen molar-refractivity contribution >= 4 is 16.8 Å². The number of rotatable bonds is 5. The predicted molar refractivity (Wildman–Crippen MR) is 86.3 cm³/mol. The van der Waals surface area contributed by atoms with Gasteiger partial charge >= 0.3 is 0 Å². The highest BCUT2D eigenvalue weighted by molar-refractivity contribution is 5.82. The number of para-hydroxylation sites is 1. The Bertz CT molecular complexity index is 723. The summed E-state index contributed by atoms with van der Waals surface area (Å²) >= 11 is 0. The van der Waals surface area contributed by atoms with Gasteiger partial charge in [0.25, 0.3) is 5.56 Å². The van der Waals surface area contributed by atoms with E-state index in [2.05, 4.69) is 9.97 Å². The van der Waals surface area contributed by atoms with E-state index >= 15 is 0 Å². The second-order valence-corrected chi connectivity index (χ2v) is 5.65. The summed E-state index contributed by atoms with van der Waals surface area (Å²) in [4.78, 5) is 33.2. The van der Waals surface area contributed by atoms with Crippen LogP contribution in [0.1, 0.15) is 26.6 Å². The van der Waals surface area contributed by atoms with Crippen molar-refractivity contribution in [1.82, 2.24) is 14.9 Å². The van der Waals surface area contributed by atoms with Crippen LogP contribution in [0.5, 0.6) is 0 Å². The van der Waals surface area contributed by atoms with Gasteiger partial charge in [-0.15, -0.1) is 0 Å². The Labute approximate surface area is 129 Å². The van der Waals surface area contributed by atoms with Gasteiger partial charge in [0, 0.05) is 6.54 Å². The number of likely N-dealkylation sites (N-methyl/N-ethyl adjacent to an activating group) is 1. The van der Waals surface area contributed by atoms with E-state index in [4.69, 9.17) is 5.73 Å². The first-order valence-corrected chi connectivity index (χ1v) is 7.46. The first-order chi connectivity index (χ1) is 10.4. The van der Waals surface area contributed by atoms with E-state index in [9.17, 15) is 9.59 Å². The smallest absolute Gasteiger partial charge is 0.258 e. The summed E-state index contributed by atoms with van der Waals surface area (Å²) in [5.41, 5.74) is 6.35. The molecule has 0 unspecified atom stereocenters. The molecular weight excluding hydrogens is 280 g/mol. The molecule has 118 valence electrons. The Hall–Kier alpha value is -2.21. The number of carbonyl (C=O) groups excluding carboxylic acids is 1. The standard InChI is InChI=1S/C16H22N4O2/c1-4-20(16(22)14(17)10(2)3)9-13-18-12-8-6-5-7-11(12)15(21)19-13/h5-8,10,14H,4,9,17H2,1-3H3,(H,18,19,21)/t14-/m0/s1. The van der Waals surface area contributed by atoms with Crippen LogP contribution in [0.3, 0.4) is 0 Å². The Morgan fingerprint density at radius 1 is 1.36 bits per heavy atom. The van der Waals surface area contributed by atoms with Crippen LogP contribution < -0.4 is 11.3 Å². The SMILES string of the molecule is CCN(Cc1nc2ccccc2c(=O)[nH]1)C(=O)[C@@H](N)C(C)C. The van der Waals surface area contributed by atoms with Gasteiger partial charge in [-0.2, -0.15) is 0 Å². The third-order valence-electron chi connectivity index (χ3n) is 3.70. The minimum Gasteiger partial charge on any atom is -0.334 e. The zero-order valence-corrected chi connectivity index (χ0v) is 13.2. The highest BCUT2D eigenvalue weighted by Crippen LogP contribution is 2.09. The van der Waals surface area contributed by atoms with Gasteiger partial charge in [-0.25, -0.2) is 4.98 Å². The number of aromatic amines is 1. The molecule has 22 heavy (non-hydrogen) atoms. The molecule has 0 aliphatic carbocycles. The van der Waals surface area contributed by atoms with E-state index in [-0.39, 0.29) is 23.9 Å². The number of nitrogens with one attached hydrogen (secondary N) is 1. The largest absolute Gasteiger partial charge is 0.334 e. The summed E-state index contributed by atoms with van der Waals surface area (Å²) in [7, 11) is 0. The molecule has 0 spiro atoms. The van der Waals surface area contributed by atoms with E-state index in [0.29, 0.717) is 23.3 Å². The van der Waals surface area contributed by atoms with Crippen molar-refractivity contribution in [3.8, 4) is 0 Å². The maximum atomic E-state index is 12.3. The van der Waals surface area contributed by atoms with Crippen LogP contribution in [0.2, 0.25) is 0 Å². The molecule has 0 bridgehead atoms. The Morgan fingerprint density at radius 2 is 2.05 bits per heavy atom. The summed E-state index contributed by atoms with van der Waals surface area (Å²) in [6, 6.07) is 6.58. The van der Waals surface area contributed by atoms with Crippen LogP contribution >= 0.6 is 0 Å². The average molecular weight is 302 g/mol. The minimum absolute atomic E-state index is 0.0603. The van der Waals surface area contributed by atoms with Gasteiger partial charge in [-0.1, -0.05) is 26.0 Å². The molecule has 0 saturated carbocycles. The molecule has 6 heteroatoms. The van der Waals surface area contributed by atoms with Crippen molar-refractivity contribution in [3.05, 3.63) is 40.4 Å². The fourth-order valence-electron chi connectivity index (χ4n) is 2.23. The molecule has 1 heterocycles. The van der Waals surface area contributed by atoms with Gasteiger partial charge in [0.05, 0.1) is 23.5 Å². The molecule has 0 aliphatic heterocycles. The number of hydrogen-bond acceptors (Lipinski definition) is 4. The average Bonchev–Trinajstić information content (AvgIpc) is 2.51. The van der Waals surface area contributed by atoms with Gasteiger partial charge in [-0.05, 0) is 25.0 Å². The van der Waals surface area contributed by atoms with E-state index in [1.807, 2.05) is 26.8 Å². The quantitative estimate of drug-likeness (QED) is 0.869. The number of nitrogens with two attached hydrogens (primary N) is 1. The number of carbonyl (C=O) groups is 1. The zero-order chi connectivity index (χ0) is 16.3. The first kappa shape index (κ1) is 16.2. The number of H-pyrrole nitrogens is 1. The van der Waals surface area contributed by atoms with Gasteiger partial charge < -0.3 is 15.6 Å². The van der Waals surface area contributed by atoms with Gasteiger partial charge in [-0.3, -0.25) is 9.59 Å². The summed E-state index contributed by atoms with van der Waals surface area (Å²) in [6.07, 6.45) is 0. The van der Waals surface area contributed by atoms with Crippen molar-refractivity contribution in [2.75, 3.05) is 6.54 Å². The van der Waals surface area contributed by atoms with E-state index < -0.39 is 6.04 Å². The van der Waals surface area contributed by atoms with Crippen LogP contribution in [0.15, 0.2) is 29.1 Å². The summed E-state index contributed by atoms with van der Waals surface area (Å²) < 4.78 is 0. The summed E-state index contributed by atoms with van der Waals surface area (Å²) in [5.74, 6) is 0.397. The second-order valence-electron chi connectivity index (χ2n) is 5.65. The zero-order valence-electron chi connectivity index (χ0n) is 13.2. The molecule has 0 aliphatic rings. The number of aromatic nitrogens is 2. The molecule has 1 amide bonds. The number of benzene rings is 1. The summed E-state index contributed by atoms with van der Waals surface area (Å²) in [6.45, 7) is 6.45. The molecular formula is C16H22N4O2. The maximum Gasteiger partial charge on any atom is 0.258 e. The molecule has 1 atom stereocenters. The molecule has 3 N–H and O–H groups in total. The maximum absolute atomic E-state index is 12.3. The van der Waals surface area contributed by atoms with Crippen LogP contribution in [0.25, 0.3) is 10.9 Å². The van der Waals surface area contributed by atoms with Gasteiger partial charge in [0.2, 0.25) is 5.91 Å². The fraction of sp³-hybridized carbons (Fsp3) is 0.438. The van der Waals surface area contributed by atoms with Crippen molar-refractivity contribution < 1.29 is 4.79 Å². The Kier molecular flexibility index (Phi) is 4.92. The van der Waals surface area contributed by atoms with Crippen molar-refractivity contribution in [1.29, 1.82) is 0 Å². The Balaban J connectivity index is 2.28. The fourth-order valence-corrected chi connectivity index (χ4v) is 2.23. The number of amides is 1. The van der Waals surface area contributed by atoms with Crippen LogP contribution in [0.4, 0.5) is 0 Å². The minimum atomic E-state index is -0.549. The van der Waals surface area contributed by atoms with E-state index in [1.165, 1.54) is 0 Å². The third-order valence-corrected chi connectivity index (χ3v) is 3.70. The molecule has 2 aromatic rings. The first-order valence-electron chi connectivity index (χ1n) is 7.46. The number of nitrogens with zero attached hydrogens (tertiary/aromatic N) is 2. The highest BCUT2D eigenvalue weighted by Gasteiger charge is 2.23. The van der Waals surface area contributed by atoms with Gasteiger partial charge in [0.15, 0.2) is 0 Å². The molecule has 1 aromatic carbocycles. The lowest BCUT2D eigenvalue weighted by Gasteiger charge is -2.25. The molecule has 2 rings (SSSR count). The normalized spacial score (nSPS) is 12.6. The van der Waals surface area contributed by atoms with Gasteiger partial charge in [0.1, 0.15) is 5.82 Å². The number of fused-ring (bicyclic) bond motifs is 1. The van der Waals surface area contributed by atoms with E-state index in [0.717, 1.165) is 0 Å². The van der Waals surface area contributed by atoms with Crippen LogP contribution in [-0.2, 0) is 11.3 Å².